The zero-order valence-corrected chi connectivity index (χ0v) is 20.4. The lowest BCUT2D eigenvalue weighted by Crippen LogP contribution is -2.19. The molecule has 0 saturated carbocycles. The quantitative estimate of drug-likeness (QED) is 0.260. The SMILES string of the molecule is C/C(=N\NC(=O)c1ccc(NC(=O)c2ccc(C(C)(C)C)cc2)cc1)c1ccc2ccccc2c1. The first-order valence-corrected chi connectivity index (χ1v) is 11.6. The summed E-state index contributed by atoms with van der Waals surface area (Å²) in [6.45, 7) is 8.26. The number of rotatable bonds is 5. The van der Waals surface area contributed by atoms with E-state index in [1.165, 1.54) is 5.56 Å². The Balaban J connectivity index is 1.37. The van der Waals surface area contributed by atoms with Gasteiger partial charge in [0.15, 0.2) is 0 Å². The van der Waals surface area contributed by atoms with Crippen LogP contribution >= 0.6 is 0 Å². The van der Waals surface area contributed by atoms with Gasteiger partial charge in [-0.05, 0) is 76.7 Å². The van der Waals surface area contributed by atoms with E-state index in [2.05, 4.69) is 48.7 Å². The Bertz CT molecular complexity index is 1400. The van der Waals surface area contributed by atoms with Gasteiger partial charge in [0.05, 0.1) is 5.71 Å². The summed E-state index contributed by atoms with van der Waals surface area (Å²) in [7, 11) is 0. The van der Waals surface area contributed by atoms with Crippen molar-refractivity contribution >= 4 is 34.0 Å². The Morgan fingerprint density at radius 2 is 1.26 bits per heavy atom. The highest BCUT2D eigenvalue weighted by molar-refractivity contribution is 6.05. The minimum absolute atomic E-state index is 0.0312. The molecule has 0 atom stereocenters. The highest BCUT2D eigenvalue weighted by Crippen LogP contribution is 2.22. The van der Waals surface area contributed by atoms with Crippen LogP contribution in [-0.4, -0.2) is 17.5 Å². The number of carbonyl (C=O) groups is 2. The van der Waals surface area contributed by atoms with E-state index < -0.39 is 0 Å². The van der Waals surface area contributed by atoms with Crippen molar-refractivity contribution in [3.63, 3.8) is 0 Å². The van der Waals surface area contributed by atoms with E-state index in [1.807, 2.05) is 61.5 Å². The molecule has 0 aliphatic rings. The highest BCUT2D eigenvalue weighted by Gasteiger charge is 2.14. The summed E-state index contributed by atoms with van der Waals surface area (Å²) < 4.78 is 0. The summed E-state index contributed by atoms with van der Waals surface area (Å²) in [5.74, 6) is -0.515. The number of hydrogen-bond acceptors (Lipinski definition) is 3. The normalized spacial score (nSPS) is 11.8. The third-order valence-corrected chi connectivity index (χ3v) is 5.91. The van der Waals surface area contributed by atoms with Crippen LogP contribution in [-0.2, 0) is 5.41 Å². The number of anilines is 1. The van der Waals surface area contributed by atoms with E-state index >= 15 is 0 Å². The van der Waals surface area contributed by atoms with Gasteiger partial charge in [-0.15, -0.1) is 0 Å². The minimum atomic E-state index is -0.319. The molecule has 4 aromatic carbocycles. The Morgan fingerprint density at radius 1 is 0.686 bits per heavy atom. The van der Waals surface area contributed by atoms with Crippen LogP contribution in [0.4, 0.5) is 5.69 Å². The van der Waals surface area contributed by atoms with Gasteiger partial charge in [0, 0.05) is 16.8 Å². The van der Waals surface area contributed by atoms with E-state index in [1.54, 1.807) is 24.3 Å². The summed E-state index contributed by atoms with van der Waals surface area (Å²) in [6.07, 6.45) is 0. The highest BCUT2D eigenvalue weighted by atomic mass is 16.2. The molecule has 176 valence electrons. The summed E-state index contributed by atoms with van der Waals surface area (Å²) in [4.78, 5) is 25.1. The maximum Gasteiger partial charge on any atom is 0.271 e. The van der Waals surface area contributed by atoms with Crippen molar-refractivity contribution in [1.29, 1.82) is 0 Å². The van der Waals surface area contributed by atoms with Gasteiger partial charge in [-0.25, -0.2) is 5.43 Å². The lowest BCUT2D eigenvalue weighted by molar-refractivity contribution is 0.0954. The molecular formula is C30H29N3O2. The molecular weight excluding hydrogens is 434 g/mol. The second kappa shape index (κ2) is 9.94. The molecule has 5 heteroatoms. The van der Waals surface area contributed by atoms with Crippen molar-refractivity contribution in [2.24, 2.45) is 5.10 Å². The molecule has 35 heavy (non-hydrogen) atoms. The van der Waals surface area contributed by atoms with Gasteiger partial charge < -0.3 is 5.32 Å². The van der Waals surface area contributed by atoms with E-state index in [-0.39, 0.29) is 17.2 Å². The Hall–Kier alpha value is -4.25. The van der Waals surface area contributed by atoms with Crippen molar-refractivity contribution in [2.45, 2.75) is 33.1 Å². The van der Waals surface area contributed by atoms with E-state index in [4.69, 9.17) is 0 Å². The van der Waals surface area contributed by atoms with Gasteiger partial charge in [0.2, 0.25) is 0 Å². The summed E-state index contributed by atoms with van der Waals surface area (Å²) in [5, 5.41) is 9.40. The van der Waals surface area contributed by atoms with Crippen molar-refractivity contribution < 1.29 is 9.59 Å². The molecule has 0 aliphatic carbocycles. The molecule has 5 nitrogen and oxygen atoms in total. The van der Waals surface area contributed by atoms with Gasteiger partial charge >= 0.3 is 0 Å². The Morgan fingerprint density at radius 3 is 1.91 bits per heavy atom. The minimum Gasteiger partial charge on any atom is -0.322 e. The number of benzene rings is 4. The smallest absolute Gasteiger partial charge is 0.271 e. The molecule has 0 saturated heterocycles. The number of nitrogens with zero attached hydrogens (tertiary/aromatic N) is 1. The number of hydrazone groups is 1. The fraction of sp³-hybridized carbons (Fsp3) is 0.167. The molecule has 2 amide bonds. The fourth-order valence-electron chi connectivity index (χ4n) is 3.71. The van der Waals surface area contributed by atoms with Crippen molar-refractivity contribution in [2.75, 3.05) is 5.32 Å². The van der Waals surface area contributed by atoms with Gasteiger partial charge in [0.1, 0.15) is 0 Å². The Labute approximate surface area is 205 Å². The van der Waals surface area contributed by atoms with Gasteiger partial charge in [-0.1, -0.05) is 69.3 Å². The molecule has 0 heterocycles. The molecule has 2 N–H and O–H groups in total. The maximum absolute atomic E-state index is 12.6. The molecule has 0 aliphatic heterocycles. The second-order valence-corrected chi connectivity index (χ2v) is 9.56. The van der Waals surface area contributed by atoms with Gasteiger partial charge in [0.25, 0.3) is 11.8 Å². The van der Waals surface area contributed by atoms with E-state index in [0.717, 1.165) is 16.3 Å². The van der Waals surface area contributed by atoms with Crippen LogP contribution in [0, 0.1) is 0 Å². The number of fused-ring (bicyclic) bond motifs is 1. The molecule has 0 unspecified atom stereocenters. The van der Waals surface area contributed by atoms with E-state index in [9.17, 15) is 9.59 Å². The number of amides is 2. The van der Waals surface area contributed by atoms with Crippen LogP contribution < -0.4 is 10.7 Å². The van der Waals surface area contributed by atoms with Crippen molar-refractivity contribution in [3.8, 4) is 0 Å². The third-order valence-electron chi connectivity index (χ3n) is 5.91. The lowest BCUT2D eigenvalue weighted by Gasteiger charge is -2.19. The first-order valence-electron chi connectivity index (χ1n) is 11.6. The lowest BCUT2D eigenvalue weighted by atomic mass is 9.87. The molecule has 0 fully saturated rings. The van der Waals surface area contributed by atoms with Crippen LogP contribution in [0.25, 0.3) is 10.8 Å². The standard InChI is InChI=1S/C30H29N3O2/c1-20(24-10-9-21-7-5-6-8-25(21)19-24)32-33-29(35)23-13-17-27(18-14-23)31-28(34)22-11-15-26(16-12-22)30(2,3)4/h5-19H,1-4H3,(H,31,34)(H,33,35)/b32-20+. The van der Waals surface area contributed by atoms with Crippen LogP contribution in [0.5, 0.6) is 0 Å². The zero-order valence-electron chi connectivity index (χ0n) is 20.4. The third kappa shape index (κ3) is 5.82. The van der Waals surface area contributed by atoms with E-state index in [0.29, 0.717) is 22.5 Å². The first-order chi connectivity index (χ1) is 16.7. The van der Waals surface area contributed by atoms with Crippen LogP contribution in [0.1, 0.15) is 59.5 Å². The molecule has 0 spiro atoms. The first kappa shape index (κ1) is 23.9. The number of carbonyl (C=O) groups excluding carboxylic acids is 2. The molecule has 4 rings (SSSR count). The van der Waals surface area contributed by atoms with Crippen LogP contribution in [0.3, 0.4) is 0 Å². The van der Waals surface area contributed by atoms with Crippen LogP contribution in [0.15, 0.2) is 96.1 Å². The van der Waals surface area contributed by atoms with Crippen molar-refractivity contribution in [1.82, 2.24) is 5.43 Å². The molecule has 0 radical (unpaired) electrons. The predicted octanol–water partition coefficient (Wildman–Crippen LogP) is 6.54. The summed E-state index contributed by atoms with van der Waals surface area (Å²) >= 11 is 0. The summed E-state index contributed by atoms with van der Waals surface area (Å²) in [5.41, 5.74) is 7.11. The second-order valence-electron chi connectivity index (χ2n) is 9.56. The van der Waals surface area contributed by atoms with Crippen molar-refractivity contribution in [3.05, 3.63) is 113 Å². The van der Waals surface area contributed by atoms with Gasteiger partial charge in [-0.2, -0.15) is 5.10 Å². The topological polar surface area (TPSA) is 70.6 Å². The monoisotopic (exact) mass is 463 g/mol. The molecule has 0 aromatic heterocycles. The largest absolute Gasteiger partial charge is 0.322 e. The molecule has 0 bridgehead atoms. The fourth-order valence-corrected chi connectivity index (χ4v) is 3.71. The van der Waals surface area contributed by atoms with Crippen LogP contribution in [0.2, 0.25) is 0 Å². The zero-order chi connectivity index (χ0) is 25.0. The molecule has 4 aromatic rings. The maximum atomic E-state index is 12.6. The predicted molar refractivity (Wildman–Crippen MR) is 143 cm³/mol. The number of nitrogens with one attached hydrogen (secondary N) is 2. The Kier molecular flexibility index (Phi) is 6.78. The summed E-state index contributed by atoms with van der Waals surface area (Å²) in [6, 6.07) is 28.5. The average molecular weight is 464 g/mol. The number of hydrogen-bond donors (Lipinski definition) is 2. The average Bonchev–Trinajstić information content (AvgIpc) is 2.86. The van der Waals surface area contributed by atoms with Gasteiger partial charge in [-0.3, -0.25) is 9.59 Å².